The van der Waals surface area contributed by atoms with Gasteiger partial charge in [-0.3, -0.25) is 0 Å². The van der Waals surface area contributed by atoms with Gasteiger partial charge in [-0.2, -0.15) is 0 Å². The Morgan fingerprint density at radius 2 is 2.21 bits per heavy atom. The van der Waals surface area contributed by atoms with Gasteiger partial charge in [0.05, 0.1) is 11.6 Å². The average Bonchev–Trinajstić information content (AvgIpc) is 2.85. The minimum absolute atomic E-state index is 0.218. The summed E-state index contributed by atoms with van der Waals surface area (Å²) in [7, 11) is 1.59. The van der Waals surface area contributed by atoms with Crippen LogP contribution in [-0.2, 0) is 6.61 Å². The molecule has 4 nitrogen and oxygen atoms in total. The second kappa shape index (κ2) is 6.08. The van der Waals surface area contributed by atoms with E-state index in [0.29, 0.717) is 16.2 Å². The van der Waals surface area contributed by atoms with Crippen LogP contribution in [0.5, 0.6) is 11.5 Å². The lowest BCUT2D eigenvalue weighted by Gasteiger charge is -2.09. The van der Waals surface area contributed by atoms with E-state index in [4.69, 9.17) is 14.6 Å². The van der Waals surface area contributed by atoms with Gasteiger partial charge in [-0.25, -0.2) is 4.79 Å². The monoisotopic (exact) mass is 342 g/mol. The van der Waals surface area contributed by atoms with Crippen molar-refractivity contribution in [3.8, 4) is 11.5 Å². The fourth-order valence-electron chi connectivity index (χ4n) is 1.52. The highest BCUT2D eigenvalue weighted by Crippen LogP contribution is 2.30. The van der Waals surface area contributed by atoms with Gasteiger partial charge in [0.1, 0.15) is 23.0 Å². The van der Waals surface area contributed by atoms with Crippen molar-refractivity contribution < 1.29 is 19.4 Å². The standard InChI is InChI=1S/C13H11BrO4S/c1-17-9-2-3-11(10(14)6-9)18-7-8-4-5-19-12(8)13(15)16/h2-6H,7H2,1H3,(H,15,16). The largest absolute Gasteiger partial charge is 0.497 e. The molecule has 1 heterocycles. The van der Waals surface area contributed by atoms with Crippen molar-refractivity contribution in [3.05, 3.63) is 44.6 Å². The van der Waals surface area contributed by atoms with E-state index in [1.807, 2.05) is 0 Å². The van der Waals surface area contributed by atoms with E-state index in [1.54, 1.807) is 36.8 Å². The Balaban J connectivity index is 2.10. The Kier molecular flexibility index (Phi) is 4.44. The summed E-state index contributed by atoms with van der Waals surface area (Å²) < 4.78 is 11.5. The zero-order valence-corrected chi connectivity index (χ0v) is 12.5. The lowest BCUT2D eigenvalue weighted by Crippen LogP contribution is -2.02. The van der Waals surface area contributed by atoms with Crippen LogP contribution in [0.25, 0.3) is 0 Å². The highest BCUT2D eigenvalue weighted by atomic mass is 79.9. The lowest BCUT2D eigenvalue weighted by molar-refractivity contribution is 0.0699. The van der Waals surface area contributed by atoms with Crippen LogP contribution < -0.4 is 9.47 Å². The summed E-state index contributed by atoms with van der Waals surface area (Å²) in [5, 5.41) is 10.7. The molecule has 1 aromatic carbocycles. The van der Waals surface area contributed by atoms with Gasteiger partial charge in [0, 0.05) is 5.56 Å². The lowest BCUT2D eigenvalue weighted by atomic mass is 10.2. The molecule has 100 valence electrons. The first kappa shape index (κ1) is 13.9. The summed E-state index contributed by atoms with van der Waals surface area (Å²) in [6.07, 6.45) is 0. The molecule has 2 aromatic rings. The number of carboxylic acid groups (broad SMARTS) is 1. The second-order valence-corrected chi connectivity index (χ2v) is 5.44. The smallest absolute Gasteiger partial charge is 0.346 e. The van der Waals surface area contributed by atoms with Gasteiger partial charge in [0.25, 0.3) is 0 Å². The summed E-state index contributed by atoms with van der Waals surface area (Å²) in [5.74, 6) is 0.437. The maximum atomic E-state index is 11.0. The molecule has 0 bridgehead atoms. The Bertz CT molecular complexity index is 594. The van der Waals surface area contributed by atoms with Crippen LogP contribution in [0.2, 0.25) is 0 Å². The maximum absolute atomic E-state index is 11.0. The Hall–Kier alpha value is -1.53. The van der Waals surface area contributed by atoms with Crippen LogP contribution >= 0.6 is 27.3 Å². The fraction of sp³-hybridized carbons (Fsp3) is 0.154. The van der Waals surface area contributed by atoms with Crippen LogP contribution in [0.3, 0.4) is 0 Å². The van der Waals surface area contributed by atoms with E-state index in [-0.39, 0.29) is 6.61 Å². The molecule has 0 atom stereocenters. The van der Waals surface area contributed by atoms with Gasteiger partial charge < -0.3 is 14.6 Å². The normalized spacial score (nSPS) is 10.2. The van der Waals surface area contributed by atoms with Gasteiger partial charge >= 0.3 is 5.97 Å². The molecule has 0 aliphatic carbocycles. The molecule has 0 spiro atoms. The molecule has 0 saturated carbocycles. The molecule has 2 rings (SSSR count). The molecular formula is C13H11BrO4S. The fourth-order valence-corrected chi connectivity index (χ4v) is 2.74. The summed E-state index contributed by atoms with van der Waals surface area (Å²) in [5.41, 5.74) is 0.667. The number of hydrogen-bond acceptors (Lipinski definition) is 4. The molecule has 19 heavy (non-hydrogen) atoms. The number of hydrogen-bond donors (Lipinski definition) is 1. The quantitative estimate of drug-likeness (QED) is 0.897. The SMILES string of the molecule is COc1ccc(OCc2ccsc2C(=O)O)c(Br)c1. The van der Waals surface area contributed by atoms with Crippen molar-refractivity contribution in [3.63, 3.8) is 0 Å². The summed E-state index contributed by atoms with van der Waals surface area (Å²) in [4.78, 5) is 11.3. The van der Waals surface area contributed by atoms with Crippen LogP contribution in [0, 0.1) is 0 Å². The Morgan fingerprint density at radius 1 is 1.42 bits per heavy atom. The molecule has 0 unspecified atom stereocenters. The highest BCUT2D eigenvalue weighted by Gasteiger charge is 2.12. The number of thiophene rings is 1. The van der Waals surface area contributed by atoms with Crippen LogP contribution in [0.4, 0.5) is 0 Å². The molecule has 1 N–H and O–H groups in total. The summed E-state index contributed by atoms with van der Waals surface area (Å²) in [6, 6.07) is 7.11. The van der Waals surface area contributed by atoms with E-state index in [9.17, 15) is 4.79 Å². The van der Waals surface area contributed by atoms with Crippen LogP contribution in [0.15, 0.2) is 34.1 Å². The zero-order valence-electron chi connectivity index (χ0n) is 10.1. The van der Waals surface area contributed by atoms with Gasteiger partial charge in [-0.15, -0.1) is 11.3 Å². The van der Waals surface area contributed by atoms with Crippen LogP contribution in [0.1, 0.15) is 15.2 Å². The highest BCUT2D eigenvalue weighted by molar-refractivity contribution is 9.10. The van der Waals surface area contributed by atoms with Gasteiger partial charge in [-0.05, 0) is 45.6 Å². The van der Waals surface area contributed by atoms with E-state index in [1.165, 1.54) is 11.3 Å². The van der Waals surface area contributed by atoms with E-state index >= 15 is 0 Å². The minimum atomic E-state index is -0.928. The number of aromatic carboxylic acids is 1. The molecule has 0 fully saturated rings. The first-order valence-electron chi connectivity index (χ1n) is 5.38. The molecule has 6 heteroatoms. The molecule has 0 aliphatic rings. The molecule has 0 aliphatic heterocycles. The molecule has 0 saturated heterocycles. The van der Waals surface area contributed by atoms with E-state index in [2.05, 4.69) is 15.9 Å². The van der Waals surface area contributed by atoms with Gasteiger partial charge in [-0.1, -0.05) is 0 Å². The second-order valence-electron chi connectivity index (χ2n) is 3.67. The Labute approximate surface area is 122 Å². The third kappa shape index (κ3) is 3.27. The first-order valence-corrected chi connectivity index (χ1v) is 7.05. The van der Waals surface area contributed by atoms with Gasteiger partial charge in [0.2, 0.25) is 0 Å². The number of carbonyl (C=O) groups is 1. The van der Waals surface area contributed by atoms with Gasteiger partial charge in [0.15, 0.2) is 0 Å². The summed E-state index contributed by atoms with van der Waals surface area (Å²) in [6.45, 7) is 0.218. The molecule has 0 amide bonds. The number of benzene rings is 1. The summed E-state index contributed by atoms with van der Waals surface area (Å²) >= 11 is 4.57. The molecular weight excluding hydrogens is 332 g/mol. The minimum Gasteiger partial charge on any atom is -0.497 e. The number of carboxylic acids is 1. The number of halogens is 1. The van der Waals surface area contributed by atoms with Crippen molar-refractivity contribution >= 4 is 33.2 Å². The Morgan fingerprint density at radius 3 is 2.84 bits per heavy atom. The zero-order chi connectivity index (χ0) is 13.8. The number of ether oxygens (including phenoxy) is 2. The average molecular weight is 343 g/mol. The predicted molar refractivity (Wildman–Crippen MR) is 76.3 cm³/mol. The van der Waals surface area contributed by atoms with Crippen molar-refractivity contribution in [2.75, 3.05) is 7.11 Å². The van der Waals surface area contributed by atoms with Crippen molar-refractivity contribution in [2.45, 2.75) is 6.61 Å². The van der Waals surface area contributed by atoms with Crippen molar-refractivity contribution in [2.24, 2.45) is 0 Å². The van der Waals surface area contributed by atoms with Crippen LogP contribution in [-0.4, -0.2) is 18.2 Å². The predicted octanol–water partition coefficient (Wildman–Crippen LogP) is 3.80. The third-order valence-corrected chi connectivity index (χ3v) is 4.03. The number of rotatable bonds is 5. The van der Waals surface area contributed by atoms with E-state index < -0.39 is 5.97 Å². The maximum Gasteiger partial charge on any atom is 0.346 e. The molecule has 0 radical (unpaired) electrons. The first-order chi connectivity index (χ1) is 9.11. The van der Waals surface area contributed by atoms with Crippen molar-refractivity contribution in [1.29, 1.82) is 0 Å². The topological polar surface area (TPSA) is 55.8 Å². The molecule has 1 aromatic heterocycles. The van der Waals surface area contributed by atoms with Crippen molar-refractivity contribution in [1.82, 2.24) is 0 Å². The third-order valence-electron chi connectivity index (χ3n) is 2.46. The number of methoxy groups -OCH3 is 1. The van der Waals surface area contributed by atoms with E-state index in [0.717, 1.165) is 10.2 Å².